The molecule has 118 valence electrons. The van der Waals surface area contributed by atoms with Crippen LogP contribution in [0.3, 0.4) is 0 Å². The summed E-state index contributed by atoms with van der Waals surface area (Å²) in [6, 6.07) is 6.21. The van der Waals surface area contributed by atoms with E-state index in [1.807, 2.05) is 19.1 Å². The van der Waals surface area contributed by atoms with Gasteiger partial charge in [-0.25, -0.2) is 4.39 Å². The van der Waals surface area contributed by atoms with Gasteiger partial charge in [0.15, 0.2) is 0 Å². The first-order valence-electron chi connectivity index (χ1n) is 7.32. The number of benzene rings is 1. The molecule has 0 aliphatic heterocycles. The minimum atomic E-state index is -0.401. The predicted molar refractivity (Wildman–Crippen MR) is 84.9 cm³/mol. The van der Waals surface area contributed by atoms with Crippen molar-refractivity contribution in [2.45, 2.75) is 45.1 Å². The molecule has 5 heteroatoms. The van der Waals surface area contributed by atoms with Gasteiger partial charge in [0.25, 0.3) is 0 Å². The molecular formula is C16H24ClFN2O. The van der Waals surface area contributed by atoms with E-state index in [0.29, 0.717) is 6.54 Å². The summed E-state index contributed by atoms with van der Waals surface area (Å²) >= 11 is 0. The van der Waals surface area contributed by atoms with Crippen molar-refractivity contribution >= 4 is 18.3 Å². The molecule has 1 amide bonds. The summed E-state index contributed by atoms with van der Waals surface area (Å²) in [6.07, 6.45) is 4.73. The van der Waals surface area contributed by atoms with Crippen LogP contribution in [0.2, 0.25) is 0 Å². The molecule has 3 N–H and O–H groups in total. The number of hydrogen-bond acceptors (Lipinski definition) is 2. The number of carbonyl (C=O) groups excluding carboxylic acids is 1. The van der Waals surface area contributed by atoms with E-state index in [4.69, 9.17) is 5.73 Å². The molecule has 1 aliphatic rings. The average Bonchev–Trinajstić information content (AvgIpc) is 3.19. The minimum absolute atomic E-state index is 0. The monoisotopic (exact) mass is 314 g/mol. The first-order valence-corrected chi connectivity index (χ1v) is 7.32. The van der Waals surface area contributed by atoms with Gasteiger partial charge < -0.3 is 11.1 Å². The Bertz CT molecular complexity index is 460. The maximum absolute atomic E-state index is 12.9. The highest BCUT2D eigenvalue weighted by atomic mass is 35.5. The number of amides is 1. The van der Waals surface area contributed by atoms with Gasteiger partial charge in [-0.3, -0.25) is 4.79 Å². The van der Waals surface area contributed by atoms with E-state index < -0.39 is 6.04 Å². The van der Waals surface area contributed by atoms with Crippen LogP contribution in [-0.2, 0) is 11.2 Å². The molecule has 1 aromatic carbocycles. The number of carbonyl (C=O) groups is 1. The van der Waals surface area contributed by atoms with Crippen LogP contribution in [0.15, 0.2) is 24.3 Å². The van der Waals surface area contributed by atoms with Gasteiger partial charge in [-0.05, 0) is 48.8 Å². The molecule has 1 fully saturated rings. The first kappa shape index (κ1) is 17.9. The van der Waals surface area contributed by atoms with Crippen LogP contribution >= 0.6 is 12.4 Å². The Balaban J connectivity index is 0.00000220. The second-order valence-electron chi connectivity index (χ2n) is 5.92. The molecule has 3 nitrogen and oxygen atoms in total. The fourth-order valence-corrected chi connectivity index (χ4v) is 2.48. The van der Waals surface area contributed by atoms with Gasteiger partial charge in [0.05, 0.1) is 6.04 Å². The van der Waals surface area contributed by atoms with Crippen LogP contribution < -0.4 is 11.1 Å². The summed E-state index contributed by atoms with van der Waals surface area (Å²) in [5.41, 5.74) is 7.07. The molecule has 1 aromatic rings. The van der Waals surface area contributed by atoms with Crippen LogP contribution in [-0.4, -0.2) is 18.5 Å². The molecule has 0 spiro atoms. The Hall–Kier alpha value is -1.13. The molecular weight excluding hydrogens is 291 g/mol. The van der Waals surface area contributed by atoms with Crippen molar-refractivity contribution in [2.24, 2.45) is 11.1 Å². The van der Waals surface area contributed by atoms with Crippen molar-refractivity contribution in [3.8, 4) is 0 Å². The fraction of sp³-hybridized carbons (Fsp3) is 0.562. The topological polar surface area (TPSA) is 55.1 Å². The lowest BCUT2D eigenvalue weighted by atomic mass is 9.96. The van der Waals surface area contributed by atoms with Crippen LogP contribution in [0, 0.1) is 11.2 Å². The fourth-order valence-electron chi connectivity index (χ4n) is 2.48. The Kier molecular flexibility index (Phi) is 6.62. The summed E-state index contributed by atoms with van der Waals surface area (Å²) in [4.78, 5) is 11.8. The lowest BCUT2D eigenvalue weighted by Crippen LogP contribution is -2.43. The zero-order chi connectivity index (χ0) is 14.6. The smallest absolute Gasteiger partial charge is 0.236 e. The molecule has 0 aromatic heterocycles. The molecule has 1 unspecified atom stereocenters. The first-order chi connectivity index (χ1) is 9.54. The van der Waals surface area contributed by atoms with Crippen molar-refractivity contribution in [2.75, 3.05) is 6.54 Å². The third-order valence-electron chi connectivity index (χ3n) is 4.02. The standard InChI is InChI=1S/C16H23FN2O.ClH/c1-2-3-14(18)15(20)19-11-16(8-9-16)10-12-4-6-13(17)7-5-12;/h4-7,14H,2-3,8-11,18H2,1H3,(H,19,20);1H. The van der Waals surface area contributed by atoms with Crippen LogP contribution in [0.5, 0.6) is 0 Å². The van der Waals surface area contributed by atoms with E-state index in [1.54, 1.807) is 0 Å². The van der Waals surface area contributed by atoms with Gasteiger partial charge >= 0.3 is 0 Å². The molecule has 1 saturated carbocycles. The highest BCUT2D eigenvalue weighted by Gasteiger charge is 2.42. The summed E-state index contributed by atoms with van der Waals surface area (Å²) in [7, 11) is 0. The van der Waals surface area contributed by atoms with E-state index >= 15 is 0 Å². The number of hydrogen-bond donors (Lipinski definition) is 2. The lowest BCUT2D eigenvalue weighted by molar-refractivity contribution is -0.122. The second kappa shape index (κ2) is 7.76. The molecule has 1 atom stereocenters. The average molecular weight is 315 g/mol. The van der Waals surface area contributed by atoms with Crippen LogP contribution in [0.1, 0.15) is 38.2 Å². The molecule has 0 saturated heterocycles. The molecule has 0 heterocycles. The summed E-state index contributed by atoms with van der Waals surface area (Å²) in [6.45, 7) is 2.69. The Morgan fingerprint density at radius 1 is 1.38 bits per heavy atom. The Morgan fingerprint density at radius 2 is 2.00 bits per heavy atom. The third-order valence-corrected chi connectivity index (χ3v) is 4.02. The number of halogens is 2. The number of rotatable bonds is 7. The van der Waals surface area contributed by atoms with E-state index in [9.17, 15) is 9.18 Å². The Labute approximate surface area is 131 Å². The van der Waals surface area contributed by atoms with Crippen LogP contribution in [0.25, 0.3) is 0 Å². The van der Waals surface area contributed by atoms with Gasteiger partial charge in [0.1, 0.15) is 5.82 Å². The predicted octanol–water partition coefficient (Wildman–Crippen LogP) is 2.81. The van der Waals surface area contributed by atoms with E-state index in [0.717, 1.165) is 37.7 Å². The SMILES string of the molecule is CCCC(N)C(=O)NCC1(Cc2ccc(F)cc2)CC1.Cl. The molecule has 2 rings (SSSR count). The van der Waals surface area contributed by atoms with Gasteiger partial charge in [0, 0.05) is 6.54 Å². The molecule has 21 heavy (non-hydrogen) atoms. The van der Waals surface area contributed by atoms with Crippen molar-refractivity contribution in [3.05, 3.63) is 35.6 Å². The Morgan fingerprint density at radius 3 is 2.52 bits per heavy atom. The molecule has 1 aliphatic carbocycles. The third kappa shape index (κ3) is 5.29. The maximum Gasteiger partial charge on any atom is 0.236 e. The second-order valence-corrected chi connectivity index (χ2v) is 5.92. The van der Waals surface area contributed by atoms with Gasteiger partial charge in [-0.15, -0.1) is 12.4 Å². The van der Waals surface area contributed by atoms with Crippen molar-refractivity contribution in [1.82, 2.24) is 5.32 Å². The van der Waals surface area contributed by atoms with Gasteiger partial charge in [0.2, 0.25) is 5.91 Å². The molecule has 0 radical (unpaired) electrons. The number of nitrogens with two attached hydrogens (primary N) is 1. The zero-order valence-corrected chi connectivity index (χ0v) is 13.2. The summed E-state index contributed by atoms with van der Waals surface area (Å²) in [5, 5.41) is 2.96. The van der Waals surface area contributed by atoms with Crippen LogP contribution in [0.4, 0.5) is 4.39 Å². The zero-order valence-electron chi connectivity index (χ0n) is 12.4. The maximum atomic E-state index is 12.9. The largest absolute Gasteiger partial charge is 0.354 e. The quantitative estimate of drug-likeness (QED) is 0.813. The highest BCUT2D eigenvalue weighted by molar-refractivity contribution is 5.85. The lowest BCUT2D eigenvalue weighted by Gasteiger charge is -2.18. The van der Waals surface area contributed by atoms with Gasteiger partial charge in [-0.2, -0.15) is 0 Å². The van der Waals surface area contributed by atoms with E-state index in [1.165, 1.54) is 12.1 Å². The summed E-state index contributed by atoms with van der Waals surface area (Å²) in [5.74, 6) is -0.269. The molecule has 0 bridgehead atoms. The van der Waals surface area contributed by atoms with Crippen molar-refractivity contribution in [3.63, 3.8) is 0 Å². The van der Waals surface area contributed by atoms with Gasteiger partial charge in [-0.1, -0.05) is 25.5 Å². The minimum Gasteiger partial charge on any atom is -0.354 e. The van der Waals surface area contributed by atoms with Crippen molar-refractivity contribution in [1.29, 1.82) is 0 Å². The number of nitrogens with one attached hydrogen (secondary N) is 1. The normalized spacial score (nSPS) is 16.7. The highest BCUT2D eigenvalue weighted by Crippen LogP contribution is 2.47. The van der Waals surface area contributed by atoms with E-state index in [-0.39, 0.29) is 29.5 Å². The summed E-state index contributed by atoms with van der Waals surface area (Å²) < 4.78 is 12.9. The van der Waals surface area contributed by atoms with E-state index in [2.05, 4.69) is 5.32 Å². The van der Waals surface area contributed by atoms with Crippen molar-refractivity contribution < 1.29 is 9.18 Å².